The van der Waals surface area contributed by atoms with E-state index >= 15 is 0 Å². The van der Waals surface area contributed by atoms with Crippen LogP contribution in [0.1, 0.15) is 316 Å². The zero-order valence-electron chi connectivity index (χ0n) is 43.8. The van der Waals surface area contributed by atoms with Crippen molar-refractivity contribution in [2.24, 2.45) is 0 Å². The summed E-state index contributed by atoms with van der Waals surface area (Å²) in [4.78, 5) is 12.6. The monoisotopic (exact) mass is 918 g/mol. The number of nitrogens with one attached hydrogen (secondary N) is 1. The molecule has 0 spiro atoms. The summed E-state index contributed by atoms with van der Waals surface area (Å²) in [7, 11) is 0. The van der Waals surface area contributed by atoms with Crippen molar-refractivity contribution in [1.82, 2.24) is 5.32 Å². The molecule has 0 fully saturated rings. The summed E-state index contributed by atoms with van der Waals surface area (Å²) in [5, 5.41) is 44.0. The minimum absolute atomic E-state index is 0.371. The van der Waals surface area contributed by atoms with Crippen molar-refractivity contribution in [2.75, 3.05) is 6.61 Å². The van der Waals surface area contributed by atoms with Crippen LogP contribution in [-0.4, -0.2) is 57.3 Å². The van der Waals surface area contributed by atoms with Crippen LogP contribution < -0.4 is 5.32 Å². The second kappa shape index (κ2) is 53.7. The second-order valence-corrected chi connectivity index (χ2v) is 20.3. The Kier molecular flexibility index (Phi) is 52.7. The molecule has 0 heterocycles. The van der Waals surface area contributed by atoms with E-state index in [4.69, 9.17) is 0 Å². The highest BCUT2D eigenvalue weighted by Crippen LogP contribution is 2.18. The maximum absolute atomic E-state index is 12.6. The molecule has 0 aromatic rings. The van der Waals surface area contributed by atoms with Crippen molar-refractivity contribution in [3.63, 3.8) is 0 Å². The fourth-order valence-corrected chi connectivity index (χ4v) is 9.32. The largest absolute Gasteiger partial charge is 0.394 e. The van der Waals surface area contributed by atoms with Gasteiger partial charge >= 0.3 is 0 Å². The first-order chi connectivity index (χ1) is 32.0. The zero-order valence-corrected chi connectivity index (χ0v) is 43.8. The molecule has 6 heteroatoms. The molecule has 4 unspecified atom stereocenters. The topological polar surface area (TPSA) is 110 Å². The van der Waals surface area contributed by atoms with E-state index in [9.17, 15) is 25.2 Å². The van der Waals surface area contributed by atoms with Crippen molar-refractivity contribution in [3.05, 3.63) is 24.3 Å². The van der Waals surface area contributed by atoms with Crippen molar-refractivity contribution in [1.29, 1.82) is 0 Å². The molecule has 0 radical (unpaired) electrons. The normalized spacial score (nSPS) is 13.9. The van der Waals surface area contributed by atoms with Gasteiger partial charge in [-0.05, 0) is 44.9 Å². The molecule has 0 aliphatic heterocycles. The predicted molar refractivity (Wildman–Crippen MR) is 284 cm³/mol. The molecule has 6 nitrogen and oxygen atoms in total. The number of rotatable bonds is 54. The van der Waals surface area contributed by atoms with Gasteiger partial charge in [0.1, 0.15) is 12.2 Å². The molecule has 5 N–H and O–H groups in total. The average Bonchev–Trinajstić information content (AvgIpc) is 3.31. The number of carbonyl (C=O) groups is 1. The molecule has 0 bridgehead atoms. The summed E-state index contributed by atoms with van der Waals surface area (Å²) in [6.45, 7) is 4.09. The fraction of sp³-hybridized carbons (Fsp3) is 0.915. The number of amides is 1. The summed E-state index contributed by atoms with van der Waals surface area (Å²) in [5.74, 6) is -0.579. The molecule has 0 aliphatic carbocycles. The van der Waals surface area contributed by atoms with E-state index in [-0.39, 0.29) is 0 Å². The molecule has 0 aromatic heterocycles. The standard InChI is InChI=1S/C59H115NO5/c1-3-5-7-9-11-13-15-17-19-21-23-24-25-26-27-28-29-30-31-32-33-35-37-39-41-43-45-47-49-51-53-57(63)59(65)60-55(54-61)58(64)56(62)52-50-48-46-44-42-40-38-36-34-22-20-18-16-14-12-10-8-6-4-2/h23-24,26-27,55-58,61-64H,3-22,25,28-54H2,1-2H3,(H,60,65)/b24-23-,27-26-. The number of aliphatic hydroxyl groups excluding tert-OH is 4. The zero-order chi connectivity index (χ0) is 47.4. The molecule has 0 aromatic carbocycles. The Hall–Kier alpha value is -1.21. The van der Waals surface area contributed by atoms with Crippen LogP contribution in [0.4, 0.5) is 0 Å². The predicted octanol–water partition coefficient (Wildman–Crippen LogP) is 17.0. The Morgan fingerprint density at radius 2 is 0.662 bits per heavy atom. The summed E-state index contributed by atoms with van der Waals surface area (Å²) < 4.78 is 0. The molecular weight excluding hydrogens is 803 g/mol. The van der Waals surface area contributed by atoms with Gasteiger partial charge in [-0.2, -0.15) is 0 Å². The molecule has 1 amide bonds. The van der Waals surface area contributed by atoms with Crippen LogP contribution in [0.15, 0.2) is 24.3 Å². The fourth-order valence-electron chi connectivity index (χ4n) is 9.32. The van der Waals surface area contributed by atoms with Gasteiger partial charge in [0.05, 0.1) is 18.8 Å². The van der Waals surface area contributed by atoms with Crippen molar-refractivity contribution < 1.29 is 25.2 Å². The molecule has 4 atom stereocenters. The van der Waals surface area contributed by atoms with Gasteiger partial charge < -0.3 is 25.7 Å². The van der Waals surface area contributed by atoms with E-state index in [1.165, 1.54) is 244 Å². The average molecular weight is 919 g/mol. The Balaban J connectivity index is 3.60. The lowest BCUT2D eigenvalue weighted by Crippen LogP contribution is -2.53. The highest BCUT2D eigenvalue weighted by molar-refractivity contribution is 5.80. The SMILES string of the molecule is CCCCCCCCCCC/C=C\C/C=C\CCCCCCCCCCCCCCCCC(O)C(=O)NC(CO)C(O)C(O)CCCCCCCCCCCCCCCCCCCCC. The first kappa shape index (κ1) is 63.8. The van der Waals surface area contributed by atoms with Gasteiger partial charge in [-0.3, -0.25) is 4.79 Å². The molecule has 0 saturated carbocycles. The maximum Gasteiger partial charge on any atom is 0.249 e. The van der Waals surface area contributed by atoms with Gasteiger partial charge in [-0.1, -0.05) is 295 Å². The van der Waals surface area contributed by atoms with Crippen molar-refractivity contribution in [2.45, 2.75) is 340 Å². The lowest BCUT2D eigenvalue weighted by atomic mass is 9.99. The lowest BCUT2D eigenvalue weighted by Gasteiger charge is -2.27. The van der Waals surface area contributed by atoms with Crippen LogP contribution in [0, 0.1) is 0 Å². The smallest absolute Gasteiger partial charge is 0.249 e. The number of carbonyl (C=O) groups excluding carboxylic acids is 1. The number of unbranched alkanes of at least 4 members (excludes halogenated alkanes) is 41. The molecule has 0 rings (SSSR count). The van der Waals surface area contributed by atoms with Gasteiger partial charge in [-0.25, -0.2) is 0 Å². The minimum Gasteiger partial charge on any atom is -0.394 e. The van der Waals surface area contributed by atoms with E-state index in [2.05, 4.69) is 43.5 Å². The quantitative estimate of drug-likeness (QED) is 0.0308. The first-order valence-electron chi connectivity index (χ1n) is 29.2. The number of hydrogen-bond donors (Lipinski definition) is 5. The lowest BCUT2D eigenvalue weighted by molar-refractivity contribution is -0.132. The van der Waals surface area contributed by atoms with E-state index in [1.54, 1.807) is 0 Å². The molecule has 0 aliphatic rings. The Morgan fingerprint density at radius 3 is 0.969 bits per heavy atom. The van der Waals surface area contributed by atoms with Crippen LogP contribution in [-0.2, 0) is 4.79 Å². The molecular formula is C59H115NO5. The summed E-state index contributed by atoms with van der Waals surface area (Å²) >= 11 is 0. The van der Waals surface area contributed by atoms with E-state index in [1.807, 2.05) is 0 Å². The Bertz CT molecular complexity index is 986. The summed E-state index contributed by atoms with van der Waals surface area (Å²) in [6, 6.07) is -0.984. The minimum atomic E-state index is -1.26. The summed E-state index contributed by atoms with van der Waals surface area (Å²) in [6.07, 6.45) is 65.3. The third-order valence-electron chi connectivity index (χ3n) is 13.9. The third-order valence-corrected chi connectivity index (χ3v) is 13.9. The van der Waals surface area contributed by atoms with Crippen LogP contribution in [0.3, 0.4) is 0 Å². The molecule has 0 saturated heterocycles. The van der Waals surface area contributed by atoms with E-state index in [0.717, 1.165) is 44.9 Å². The number of aliphatic hydroxyl groups is 4. The molecule has 386 valence electrons. The van der Waals surface area contributed by atoms with Gasteiger partial charge in [-0.15, -0.1) is 0 Å². The van der Waals surface area contributed by atoms with Gasteiger partial charge in [0.15, 0.2) is 0 Å². The highest BCUT2D eigenvalue weighted by Gasteiger charge is 2.28. The van der Waals surface area contributed by atoms with Crippen LogP contribution in [0.5, 0.6) is 0 Å². The Labute approximate surface area is 405 Å². The van der Waals surface area contributed by atoms with Gasteiger partial charge in [0.2, 0.25) is 5.91 Å². The van der Waals surface area contributed by atoms with E-state index < -0.39 is 36.9 Å². The number of allylic oxidation sites excluding steroid dienone is 4. The van der Waals surface area contributed by atoms with Gasteiger partial charge in [0.25, 0.3) is 0 Å². The van der Waals surface area contributed by atoms with Gasteiger partial charge in [0, 0.05) is 0 Å². The van der Waals surface area contributed by atoms with Crippen LogP contribution in [0.2, 0.25) is 0 Å². The second-order valence-electron chi connectivity index (χ2n) is 20.3. The van der Waals surface area contributed by atoms with Crippen molar-refractivity contribution >= 4 is 5.91 Å². The van der Waals surface area contributed by atoms with Crippen LogP contribution in [0.25, 0.3) is 0 Å². The van der Waals surface area contributed by atoms with E-state index in [0.29, 0.717) is 12.8 Å². The maximum atomic E-state index is 12.6. The highest BCUT2D eigenvalue weighted by atomic mass is 16.3. The first-order valence-corrected chi connectivity index (χ1v) is 29.2. The number of hydrogen-bond acceptors (Lipinski definition) is 5. The third kappa shape index (κ3) is 47.6. The van der Waals surface area contributed by atoms with Crippen LogP contribution >= 0.6 is 0 Å². The van der Waals surface area contributed by atoms with Crippen molar-refractivity contribution in [3.8, 4) is 0 Å². The Morgan fingerprint density at radius 1 is 0.385 bits per heavy atom. The summed E-state index contributed by atoms with van der Waals surface area (Å²) in [5.41, 5.74) is 0. The molecule has 65 heavy (non-hydrogen) atoms.